The van der Waals surface area contributed by atoms with Crippen molar-refractivity contribution in [3.05, 3.63) is 29.8 Å². The lowest BCUT2D eigenvalue weighted by atomic mass is 9.82. The molecule has 0 amide bonds. The zero-order valence-electron chi connectivity index (χ0n) is 13.2. The van der Waals surface area contributed by atoms with E-state index in [1.54, 1.807) is 0 Å². The molecule has 1 N–H and O–H groups in total. The van der Waals surface area contributed by atoms with Gasteiger partial charge in [-0.25, -0.2) is 0 Å². The van der Waals surface area contributed by atoms with E-state index in [0.29, 0.717) is 17.4 Å². The summed E-state index contributed by atoms with van der Waals surface area (Å²) in [6.45, 7) is 8.97. The molecule has 0 heterocycles. The van der Waals surface area contributed by atoms with Crippen molar-refractivity contribution in [1.82, 2.24) is 0 Å². The number of aliphatic hydroxyl groups excluding tert-OH is 1. The molecule has 1 aliphatic rings. The summed E-state index contributed by atoms with van der Waals surface area (Å²) in [5.74, 6) is 1.41. The Bertz CT molecular complexity index is 429. The summed E-state index contributed by atoms with van der Waals surface area (Å²) in [5, 5.41) is 10.4. The Balaban J connectivity index is 1.92. The highest BCUT2D eigenvalue weighted by molar-refractivity contribution is 5.30. The molecule has 0 aromatic heterocycles. The van der Waals surface area contributed by atoms with Gasteiger partial charge in [0.1, 0.15) is 5.75 Å². The molecule has 1 aliphatic carbocycles. The summed E-state index contributed by atoms with van der Waals surface area (Å²) in [6, 6.07) is 7.94. The van der Waals surface area contributed by atoms with Crippen LogP contribution < -0.4 is 4.74 Å². The average Bonchev–Trinajstić information content (AvgIpc) is 3.10. The lowest BCUT2D eigenvalue weighted by molar-refractivity contribution is 0.133. The van der Waals surface area contributed by atoms with E-state index < -0.39 is 6.10 Å². The van der Waals surface area contributed by atoms with Crippen LogP contribution in [0.15, 0.2) is 24.3 Å². The second kappa shape index (κ2) is 6.17. The van der Waals surface area contributed by atoms with Gasteiger partial charge in [0, 0.05) is 0 Å². The zero-order chi connectivity index (χ0) is 14.8. The second-order valence-corrected chi connectivity index (χ2v) is 7.51. The van der Waals surface area contributed by atoms with E-state index in [9.17, 15) is 5.11 Å². The van der Waals surface area contributed by atoms with Crippen molar-refractivity contribution in [2.75, 3.05) is 0 Å². The van der Waals surface area contributed by atoms with Gasteiger partial charge in [0.25, 0.3) is 0 Å². The quantitative estimate of drug-likeness (QED) is 0.814. The number of aliphatic hydroxyl groups is 1. The van der Waals surface area contributed by atoms with Crippen LogP contribution in [0.1, 0.15) is 65.0 Å². The first-order valence-electron chi connectivity index (χ1n) is 7.78. The molecular formula is C18H28O2. The summed E-state index contributed by atoms with van der Waals surface area (Å²) < 4.78 is 5.79. The third-order valence-electron chi connectivity index (χ3n) is 3.66. The van der Waals surface area contributed by atoms with Crippen molar-refractivity contribution < 1.29 is 9.84 Å². The molecule has 1 fully saturated rings. The maximum Gasteiger partial charge on any atom is 0.120 e. The van der Waals surface area contributed by atoms with E-state index in [4.69, 9.17) is 4.74 Å². The first-order chi connectivity index (χ1) is 9.33. The van der Waals surface area contributed by atoms with Gasteiger partial charge < -0.3 is 9.84 Å². The van der Waals surface area contributed by atoms with E-state index in [1.807, 2.05) is 24.3 Å². The summed E-state index contributed by atoms with van der Waals surface area (Å²) in [5.41, 5.74) is 1.29. The monoisotopic (exact) mass is 276 g/mol. The molecule has 0 spiro atoms. The van der Waals surface area contributed by atoms with E-state index in [2.05, 4.69) is 27.7 Å². The maximum atomic E-state index is 10.4. The van der Waals surface area contributed by atoms with E-state index in [1.165, 1.54) is 0 Å². The predicted octanol–water partition coefficient (Wildman–Crippen LogP) is 4.72. The van der Waals surface area contributed by atoms with Crippen molar-refractivity contribution in [3.8, 4) is 5.75 Å². The average molecular weight is 276 g/mol. The summed E-state index contributed by atoms with van der Waals surface area (Å²) in [4.78, 5) is 0. The highest BCUT2D eigenvalue weighted by Crippen LogP contribution is 2.32. The Hall–Kier alpha value is -1.02. The number of rotatable bonds is 6. The van der Waals surface area contributed by atoms with Gasteiger partial charge in [0.2, 0.25) is 0 Å². The molecule has 2 heteroatoms. The van der Waals surface area contributed by atoms with Crippen molar-refractivity contribution in [3.63, 3.8) is 0 Å². The third kappa shape index (κ3) is 5.16. The molecule has 2 unspecified atom stereocenters. The van der Waals surface area contributed by atoms with Crippen LogP contribution >= 0.6 is 0 Å². The number of hydrogen-bond acceptors (Lipinski definition) is 2. The van der Waals surface area contributed by atoms with Crippen LogP contribution in [0.4, 0.5) is 0 Å². The predicted molar refractivity (Wildman–Crippen MR) is 82.9 cm³/mol. The van der Waals surface area contributed by atoms with Gasteiger partial charge >= 0.3 is 0 Å². The zero-order valence-corrected chi connectivity index (χ0v) is 13.2. The fraction of sp³-hybridized carbons (Fsp3) is 0.667. The third-order valence-corrected chi connectivity index (χ3v) is 3.66. The van der Waals surface area contributed by atoms with E-state index >= 15 is 0 Å². The molecule has 0 saturated heterocycles. The van der Waals surface area contributed by atoms with Crippen molar-refractivity contribution >= 4 is 0 Å². The van der Waals surface area contributed by atoms with Crippen LogP contribution in [-0.4, -0.2) is 11.2 Å². The fourth-order valence-corrected chi connectivity index (χ4v) is 2.82. The van der Waals surface area contributed by atoms with Gasteiger partial charge in [-0.15, -0.1) is 0 Å². The molecule has 112 valence electrons. The fourth-order valence-electron chi connectivity index (χ4n) is 2.82. The van der Waals surface area contributed by atoms with Crippen LogP contribution in [0.3, 0.4) is 0 Å². The number of benzene rings is 1. The van der Waals surface area contributed by atoms with Crippen LogP contribution in [0.5, 0.6) is 5.75 Å². The van der Waals surface area contributed by atoms with Gasteiger partial charge in [0.15, 0.2) is 0 Å². The first-order valence-corrected chi connectivity index (χ1v) is 7.78. The molecule has 1 aromatic rings. The van der Waals surface area contributed by atoms with Crippen molar-refractivity contribution in [2.45, 2.75) is 65.6 Å². The van der Waals surface area contributed by atoms with Gasteiger partial charge in [-0.1, -0.05) is 39.8 Å². The SMILES string of the molecule is CC(CC(O)c1cccc(OC2CC2)c1)CC(C)(C)C. The van der Waals surface area contributed by atoms with Crippen LogP contribution in [0, 0.1) is 11.3 Å². The minimum atomic E-state index is -0.393. The molecule has 2 atom stereocenters. The van der Waals surface area contributed by atoms with E-state index in [-0.39, 0.29) is 0 Å². The number of ether oxygens (including phenoxy) is 1. The Morgan fingerprint density at radius 1 is 1.30 bits per heavy atom. The molecule has 0 radical (unpaired) electrons. The van der Waals surface area contributed by atoms with Crippen LogP contribution in [-0.2, 0) is 0 Å². The van der Waals surface area contributed by atoms with Gasteiger partial charge in [-0.05, 0) is 54.7 Å². The van der Waals surface area contributed by atoms with Crippen molar-refractivity contribution in [1.29, 1.82) is 0 Å². The summed E-state index contributed by atoms with van der Waals surface area (Å²) in [6.07, 6.45) is 4.27. The molecule has 1 aromatic carbocycles. The Morgan fingerprint density at radius 2 is 2.00 bits per heavy atom. The summed E-state index contributed by atoms with van der Waals surface area (Å²) >= 11 is 0. The maximum absolute atomic E-state index is 10.4. The molecule has 2 nitrogen and oxygen atoms in total. The van der Waals surface area contributed by atoms with Gasteiger partial charge in [-0.3, -0.25) is 0 Å². The molecule has 0 bridgehead atoms. The Morgan fingerprint density at radius 3 is 2.60 bits per heavy atom. The summed E-state index contributed by atoms with van der Waals surface area (Å²) in [7, 11) is 0. The van der Waals surface area contributed by atoms with Gasteiger partial charge in [0.05, 0.1) is 12.2 Å². The lowest BCUT2D eigenvalue weighted by Crippen LogP contribution is -2.13. The molecule has 0 aliphatic heterocycles. The Labute approximate surface area is 123 Å². The highest BCUT2D eigenvalue weighted by Gasteiger charge is 2.24. The standard InChI is InChI=1S/C18H28O2/c1-13(12-18(2,3)4)10-17(19)14-6-5-7-16(11-14)20-15-8-9-15/h5-7,11,13,15,17,19H,8-10,12H2,1-4H3. The van der Waals surface area contributed by atoms with Crippen molar-refractivity contribution in [2.24, 2.45) is 11.3 Å². The largest absolute Gasteiger partial charge is 0.490 e. The minimum absolute atomic E-state index is 0.316. The molecular weight excluding hydrogens is 248 g/mol. The Kier molecular flexibility index (Phi) is 4.74. The lowest BCUT2D eigenvalue weighted by Gasteiger charge is -2.25. The molecule has 2 rings (SSSR count). The first kappa shape index (κ1) is 15.4. The smallest absolute Gasteiger partial charge is 0.120 e. The van der Waals surface area contributed by atoms with E-state index in [0.717, 1.165) is 37.0 Å². The molecule has 20 heavy (non-hydrogen) atoms. The van der Waals surface area contributed by atoms with Crippen LogP contribution in [0.2, 0.25) is 0 Å². The second-order valence-electron chi connectivity index (χ2n) is 7.51. The molecule has 1 saturated carbocycles. The normalized spacial score (nSPS) is 18.6. The minimum Gasteiger partial charge on any atom is -0.490 e. The van der Waals surface area contributed by atoms with Crippen LogP contribution in [0.25, 0.3) is 0 Å². The number of hydrogen-bond donors (Lipinski definition) is 1. The highest BCUT2D eigenvalue weighted by atomic mass is 16.5. The topological polar surface area (TPSA) is 29.5 Å². The van der Waals surface area contributed by atoms with Gasteiger partial charge in [-0.2, -0.15) is 0 Å².